The summed E-state index contributed by atoms with van der Waals surface area (Å²) >= 11 is 0. The van der Waals surface area contributed by atoms with Crippen LogP contribution in [0.15, 0.2) is 60.7 Å². The van der Waals surface area contributed by atoms with Gasteiger partial charge >= 0.3 is 0 Å². The number of hydrogen-bond donors (Lipinski definition) is 5. The molecule has 4 amide bonds. The van der Waals surface area contributed by atoms with E-state index in [-0.39, 0.29) is 43.6 Å². The molecule has 12 heteroatoms. The van der Waals surface area contributed by atoms with Gasteiger partial charge < -0.3 is 31.1 Å². The number of amides is 4. The molecule has 0 spiro atoms. The van der Waals surface area contributed by atoms with Gasteiger partial charge in [-0.05, 0) is 62.0 Å². The maximum absolute atomic E-state index is 14.1. The summed E-state index contributed by atoms with van der Waals surface area (Å²) in [5, 5.41) is 22.3. The zero-order valence-corrected chi connectivity index (χ0v) is 32.4. The zero-order chi connectivity index (χ0) is 39.0. The fraction of sp³-hybridized carbons (Fsp3) is 0.585. The SMILES string of the molecule is CC[C@@](C)(O)C(=O)[C@H](CC(C)C)NC(=O)[C@H](Cc1ccccc1)NC(=O)[C@H](CC(C)C)NC(=O)[C@H](CCc1ccccc1)NC(=O)CN1CCOCC1. The van der Waals surface area contributed by atoms with E-state index in [0.717, 1.165) is 11.1 Å². The molecule has 1 aliphatic heterocycles. The smallest absolute Gasteiger partial charge is 0.243 e. The van der Waals surface area contributed by atoms with E-state index in [1.807, 2.05) is 93.3 Å². The average Bonchev–Trinajstić information content (AvgIpc) is 3.12. The molecule has 5 atom stereocenters. The van der Waals surface area contributed by atoms with E-state index in [0.29, 0.717) is 45.6 Å². The third kappa shape index (κ3) is 15.0. The molecule has 1 aliphatic rings. The number of morpholine rings is 1. The Labute approximate surface area is 315 Å². The second-order valence-electron chi connectivity index (χ2n) is 15.2. The molecule has 0 radical (unpaired) electrons. The van der Waals surface area contributed by atoms with Crippen LogP contribution in [-0.2, 0) is 41.6 Å². The molecule has 0 aromatic heterocycles. The van der Waals surface area contributed by atoms with E-state index in [9.17, 15) is 29.1 Å². The Morgan fingerprint density at radius 3 is 1.77 bits per heavy atom. The second-order valence-corrected chi connectivity index (χ2v) is 15.2. The van der Waals surface area contributed by atoms with Crippen LogP contribution in [0.2, 0.25) is 0 Å². The largest absolute Gasteiger partial charge is 0.382 e. The van der Waals surface area contributed by atoms with Gasteiger partial charge in [-0.2, -0.15) is 0 Å². The van der Waals surface area contributed by atoms with Crippen molar-refractivity contribution >= 4 is 29.4 Å². The van der Waals surface area contributed by atoms with Crippen molar-refractivity contribution in [3.8, 4) is 0 Å². The van der Waals surface area contributed by atoms with Gasteiger partial charge in [0.25, 0.3) is 0 Å². The molecule has 3 rings (SSSR count). The topological polar surface area (TPSA) is 166 Å². The Morgan fingerprint density at radius 1 is 0.717 bits per heavy atom. The molecule has 2 aromatic rings. The van der Waals surface area contributed by atoms with Crippen molar-refractivity contribution in [1.29, 1.82) is 0 Å². The number of aryl methyl sites for hydroxylation is 1. The lowest BCUT2D eigenvalue weighted by atomic mass is 9.88. The summed E-state index contributed by atoms with van der Waals surface area (Å²) in [4.78, 5) is 70.6. The lowest BCUT2D eigenvalue weighted by molar-refractivity contribution is -0.141. The molecule has 12 nitrogen and oxygen atoms in total. The van der Waals surface area contributed by atoms with Crippen LogP contribution < -0.4 is 21.3 Å². The van der Waals surface area contributed by atoms with E-state index in [2.05, 4.69) is 21.3 Å². The first kappa shape index (κ1) is 43.3. The van der Waals surface area contributed by atoms with Crippen LogP contribution in [0, 0.1) is 11.8 Å². The molecule has 1 saturated heterocycles. The summed E-state index contributed by atoms with van der Waals surface area (Å²) in [5.41, 5.74) is 0.161. The molecular formula is C41H61N5O7. The molecule has 0 aliphatic carbocycles. The van der Waals surface area contributed by atoms with Gasteiger partial charge in [0.1, 0.15) is 23.7 Å². The van der Waals surface area contributed by atoms with Crippen LogP contribution in [0.5, 0.6) is 0 Å². The van der Waals surface area contributed by atoms with Gasteiger partial charge in [0, 0.05) is 19.5 Å². The first-order valence-electron chi connectivity index (χ1n) is 19.0. The van der Waals surface area contributed by atoms with E-state index < -0.39 is 53.3 Å². The van der Waals surface area contributed by atoms with Gasteiger partial charge in [-0.3, -0.25) is 28.9 Å². The minimum Gasteiger partial charge on any atom is -0.382 e. The molecule has 1 heterocycles. The highest BCUT2D eigenvalue weighted by molar-refractivity contribution is 5.97. The number of nitrogens with one attached hydrogen (secondary N) is 4. The van der Waals surface area contributed by atoms with Crippen molar-refractivity contribution in [1.82, 2.24) is 26.2 Å². The number of aliphatic hydroxyl groups is 1. The van der Waals surface area contributed by atoms with Crippen molar-refractivity contribution in [3.05, 3.63) is 71.8 Å². The molecule has 53 heavy (non-hydrogen) atoms. The van der Waals surface area contributed by atoms with Crippen LogP contribution in [0.1, 0.15) is 78.4 Å². The lowest BCUT2D eigenvalue weighted by Gasteiger charge is -2.30. The highest BCUT2D eigenvalue weighted by Gasteiger charge is 2.37. The number of carbonyl (C=O) groups is 5. The van der Waals surface area contributed by atoms with Crippen LogP contribution in [0.25, 0.3) is 0 Å². The normalized spacial score (nSPS) is 16.8. The number of rotatable bonds is 21. The van der Waals surface area contributed by atoms with Crippen LogP contribution in [0.3, 0.4) is 0 Å². The summed E-state index contributed by atoms with van der Waals surface area (Å²) in [7, 11) is 0. The molecule has 292 valence electrons. The molecule has 0 unspecified atom stereocenters. The Morgan fingerprint density at radius 2 is 1.21 bits per heavy atom. The Bertz CT molecular complexity index is 1460. The molecule has 2 aromatic carbocycles. The van der Waals surface area contributed by atoms with Crippen LogP contribution in [-0.4, -0.2) is 102 Å². The van der Waals surface area contributed by atoms with Gasteiger partial charge in [0.15, 0.2) is 5.78 Å². The number of ether oxygens (including phenoxy) is 1. The predicted molar refractivity (Wildman–Crippen MR) is 205 cm³/mol. The van der Waals surface area contributed by atoms with Gasteiger partial charge in [0.05, 0.1) is 25.8 Å². The minimum atomic E-state index is -1.63. The van der Waals surface area contributed by atoms with E-state index >= 15 is 0 Å². The van der Waals surface area contributed by atoms with Gasteiger partial charge in [-0.15, -0.1) is 0 Å². The Hall–Kier alpha value is -4.13. The highest BCUT2D eigenvalue weighted by atomic mass is 16.5. The zero-order valence-electron chi connectivity index (χ0n) is 32.4. The summed E-state index contributed by atoms with van der Waals surface area (Å²) in [6.45, 7) is 13.3. The summed E-state index contributed by atoms with van der Waals surface area (Å²) in [6.07, 6.45) is 1.73. The van der Waals surface area contributed by atoms with Gasteiger partial charge in [0.2, 0.25) is 23.6 Å². The first-order chi connectivity index (χ1) is 25.2. The standard InChI is InChI=1S/C41H61N5O7/c1-7-41(6,52)37(48)33(24-28(2)3)43-40(51)35(26-31-16-12-9-13-17-31)45-39(50)34(25-29(4)5)44-38(49)32(19-18-30-14-10-8-11-15-30)42-36(47)27-46-20-22-53-23-21-46/h8-17,28-29,32-35,52H,7,18-27H2,1-6H3,(H,42,47)(H,43,51)(H,44,49)(H,45,50)/t32-,33-,34-,35-,41+/m0/s1. The molecule has 0 bridgehead atoms. The van der Waals surface area contributed by atoms with Crippen molar-refractivity contribution < 1.29 is 33.8 Å². The van der Waals surface area contributed by atoms with Gasteiger partial charge in [-0.25, -0.2) is 0 Å². The Balaban J connectivity index is 1.84. The number of carbonyl (C=O) groups excluding carboxylic acids is 5. The highest BCUT2D eigenvalue weighted by Crippen LogP contribution is 2.18. The first-order valence-corrected chi connectivity index (χ1v) is 19.0. The van der Waals surface area contributed by atoms with Crippen LogP contribution in [0.4, 0.5) is 0 Å². The molecular weight excluding hydrogens is 674 g/mol. The third-order valence-electron chi connectivity index (χ3n) is 9.50. The average molecular weight is 736 g/mol. The van der Waals surface area contributed by atoms with Crippen LogP contribution >= 0.6 is 0 Å². The number of nitrogens with zero attached hydrogens (tertiary/aromatic N) is 1. The quantitative estimate of drug-likeness (QED) is 0.131. The summed E-state index contributed by atoms with van der Waals surface area (Å²) in [6, 6.07) is 14.9. The second kappa shape index (κ2) is 21.5. The van der Waals surface area contributed by atoms with Crippen molar-refractivity contribution in [2.45, 2.75) is 110 Å². The Kier molecular flexibility index (Phi) is 17.6. The number of ketones is 1. The number of benzene rings is 2. The number of hydrogen-bond acceptors (Lipinski definition) is 8. The van der Waals surface area contributed by atoms with Crippen molar-refractivity contribution in [3.63, 3.8) is 0 Å². The minimum absolute atomic E-state index is 0.00421. The molecule has 1 fully saturated rings. The van der Waals surface area contributed by atoms with E-state index in [1.165, 1.54) is 6.92 Å². The van der Waals surface area contributed by atoms with Crippen molar-refractivity contribution in [2.75, 3.05) is 32.8 Å². The van der Waals surface area contributed by atoms with Crippen molar-refractivity contribution in [2.24, 2.45) is 11.8 Å². The van der Waals surface area contributed by atoms with E-state index in [1.54, 1.807) is 6.92 Å². The number of Topliss-reactive ketones (excluding diaryl/α,β-unsaturated/α-hetero) is 1. The molecule has 5 N–H and O–H groups in total. The third-order valence-corrected chi connectivity index (χ3v) is 9.50. The van der Waals surface area contributed by atoms with E-state index in [4.69, 9.17) is 4.74 Å². The van der Waals surface area contributed by atoms with Gasteiger partial charge in [-0.1, -0.05) is 95.3 Å². The lowest BCUT2D eigenvalue weighted by Crippen LogP contribution is -2.59. The summed E-state index contributed by atoms with van der Waals surface area (Å²) < 4.78 is 5.40. The molecule has 0 saturated carbocycles. The predicted octanol–water partition coefficient (Wildman–Crippen LogP) is 2.96. The maximum atomic E-state index is 14.1. The summed E-state index contributed by atoms with van der Waals surface area (Å²) in [5.74, 6) is -2.38. The fourth-order valence-electron chi connectivity index (χ4n) is 6.26. The fourth-order valence-corrected chi connectivity index (χ4v) is 6.26. The monoisotopic (exact) mass is 735 g/mol. The maximum Gasteiger partial charge on any atom is 0.243 e.